The monoisotopic (exact) mass is 220 g/mol. The fourth-order valence-electron chi connectivity index (χ4n) is 1.61. The quantitative estimate of drug-likeness (QED) is 0.834. The Kier molecular flexibility index (Phi) is 4.35. The average molecular weight is 220 g/mol. The van der Waals surface area contributed by atoms with Gasteiger partial charge in [-0.05, 0) is 36.1 Å². The summed E-state index contributed by atoms with van der Waals surface area (Å²) in [6, 6.07) is 6.01. The fourth-order valence-corrected chi connectivity index (χ4v) is 1.61. The second-order valence-electron chi connectivity index (χ2n) is 4.02. The van der Waals surface area contributed by atoms with Gasteiger partial charge in [-0.3, -0.25) is 0 Å². The van der Waals surface area contributed by atoms with Crippen LogP contribution in [0.25, 0.3) is 0 Å². The maximum atomic E-state index is 11.5. The van der Waals surface area contributed by atoms with Crippen molar-refractivity contribution in [1.82, 2.24) is 4.90 Å². The molecule has 0 saturated carbocycles. The zero-order valence-electron chi connectivity index (χ0n) is 10.5. The molecule has 0 aliphatic heterocycles. The van der Waals surface area contributed by atoms with Crippen molar-refractivity contribution in [1.29, 1.82) is 0 Å². The Bertz CT molecular complexity index is 372. The molecular formula is C13H20N2O. The number of urea groups is 1. The summed E-state index contributed by atoms with van der Waals surface area (Å²) in [5.41, 5.74) is 3.53. The van der Waals surface area contributed by atoms with Crippen molar-refractivity contribution < 1.29 is 4.79 Å². The van der Waals surface area contributed by atoms with Gasteiger partial charge in [0, 0.05) is 19.8 Å². The molecule has 0 aliphatic rings. The van der Waals surface area contributed by atoms with Gasteiger partial charge in [-0.1, -0.05) is 19.9 Å². The van der Waals surface area contributed by atoms with Crippen LogP contribution in [0.5, 0.6) is 0 Å². The molecule has 0 heterocycles. The highest BCUT2D eigenvalue weighted by molar-refractivity contribution is 5.89. The van der Waals surface area contributed by atoms with Crippen LogP contribution in [0, 0.1) is 0 Å². The summed E-state index contributed by atoms with van der Waals surface area (Å²) < 4.78 is 0. The Morgan fingerprint density at radius 1 is 1.19 bits per heavy atom. The van der Waals surface area contributed by atoms with Gasteiger partial charge in [0.05, 0.1) is 0 Å². The Morgan fingerprint density at radius 3 is 2.31 bits per heavy atom. The van der Waals surface area contributed by atoms with Gasteiger partial charge in [0.25, 0.3) is 0 Å². The van der Waals surface area contributed by atoms with Crippen LogP contribution in [-0.2, 0) is 12.8 Å². The second-order valence-corrected chi connectivity index (χ2v) is 4.02. The summed E-state index contributed by atoms with van der Waals surface area (Å²) in [4.78, 5) is 13.0. The van der Waals surface area contributed by atoms with Crippen molar-refractivity contribution in [2.24, 2.45) is 0 Å². The van der Waals surface area contributed by atoms with Crippen molar-refractivity contribution >= 4 is 11.7 Å². The lowest BCUT2D eigenvalue weighted by Crippen LogP contribution is -2.27. The SMILES string of the molecule is CCc1ccc(NC(=O)N(C)C)cc1CC. The topological polar surface area (TPSA) is 32.3 Å². The van der Waals surface area contributed by atoms with Crippen LogP contribution < -0.4 is 5.32 Å². The normalized spacial score (nSPS) is 10.0. The molecular weight excluding hydrogens is 200 g/mol. The molecule has 3 nitrogen and oxygen atoms in total. The van der Waals surface area contributed by atoms with Gasteiger partial charge in [0.15, 0.2) is 0 Å². The van der Waals surface area contributed by atoms with E-state index in [-0.39, 0.29) is 6.03 Å². The molecule has 0 aliphatic carbocycles. The Hall–Kier alpha value is -1.51. The number of hydrogen-bond acceptors (Lipinski definition) is 1. The molecule has 0 spiro atoms. The van der Waals surface area contributed by atoms with Crippen LogP contribution in [-0.4, -0.2) is 25.0 Å². The van der Waals surface area contributed by atoms with E-state index < -0.39 is 0 Å². The van der Waals surface area contributed by atoms with E-state index in [0.717, 1.165) is 18.5 Å². The smallest absolute Gasteiger partial charge is 0.321 e. The highest BCUT2D eigenvalue weighted by Gasteiger charge is 2.05. The minimum Gasteiger partial charge on any atom is -0.331 e. The van der Waals surface area contributed by atoms with Crippen LogP contribution in [0.15, 0.2) is 18.2 Å². The summed E-state index contributed by atoms with van der Waals surface area (Å²) in [7, 11) is 3.47. The van der Waals surface area contributed by atoms with Crippen molar-refractivity contribution in [3.63, 3.8) is 0 Å². The lowest BCUT2D eigenvalue weighted by molar-refractivity contribution is 0.230. The maximum Gasteiger partial charge on any atom is 0.321 e. The van der Waals surface area contributed by atoms with E-state index in [4.69, 9.17) is 0 Å². The molecule has 88 valence electrons. The van der Waals surface area contributed by atoms with Crippen LogP contribution in [0.3, 0.4) is 0 Å². The maximum absolute atomic E-state index is 11.5. The van der Waals surface area contributed by atoms with Crippen LogP contribution >= 0.6 is 0 Å². The van der Waals surface area contributed by atoms with Crippen molar-refractivity contribution in [3.05, 3.63) is 29.3 Å². The van der Waals surface area contributed by atoms with Gasteiger partial charge in [-0.2, -0.15) is 0 Å². The minimum absolute atomic E-state index is 0.0914. The van der Waals surface area contributed by atoms with Crippen LogP contribution in [0.4, 0.5) is 10.5 Å². The number of carbonyl (C=O) groups is 1. The predicted molar refractivity (Wildman–Crippen MR) is 67.9 cm³/mol. The zero-order valence-corrected chi connectivity index (χ0v) is 10.5. The lowest BCUT2D eigenvalue weighted by Gasteiger charge is -2.14. The van der Waals surface area contributed by atoms with E-state index in [1.54, 1.807) is 14.1 Å². The van der Waals surface area contributed by atoms with Gasteiger partial charge in [-0.15, -0.1) is 0 Å². The first-order valence-electron chi connectivity index (χ1n) is 5.68. The first-order valence-corrected chi connectivity index (χ1v) is 5.68. The molecule has 0 saturated heterocycles. The first-order chi connectivity index (χ1) is 7.58. The Balaban J connectivity index is 2.87. The molecule has 3 heteroatoms. The molecule has 0 aromatic heterocycles. The number of nitrogens with one attached hydrogen (secondary N) is 1. The molecule has 1 aromatic carbocycles. The Labute approximate surface area is 97.5 Å². The first kappa shape index (κ1) is 12.6. The fraction of sp³-hybridized carbons (Fsp3) is 0.462. The van der Waals surface area contributed by atoms with E-state index in [1.807, 2.05) is 6.07 Å². The molecule has 0 radical (unpaired) electrons. The van der Waals surface area contributed by atoms with E-state index in [1.165, 1.54) is 16.0 Å². The third kappa shape index (κ3) is 2.99. The number of nitrogens with zero attached hydrogens (tertiary/aromatic N) is 1. The number of benzene rings is 1. The third-order valence-corrected chi connectivity index (χ3v) is 2.63. The predicted octanol–water partition coefficient (Wildman–Crippen LogP) is 2.90. The van der Waals surface area contributed by atoms with Crippen molar-refractivity contribution in [2.75, 3.05) is 19.4 Å². The van der Waals surface area contributed by atoms with Gasteiger partial charge in [-0.25, -0.2) is 4.79 Å². The van der Waals surface area contributed by atoms with Gasteiger partial charge in [0.1, 0.15) is 0 Å². The number of amides is 2. The lowest BCUT2D eigenvalue weighted by atomic mass is 10.0. The molecule has 0 bridgehead atoms. The molecule has 1 aromatic rings. The number of aryl methyl sites for hydroxylation is 2. The minimum atomic E-state index is -0.0914. The number of anilines is 1. The summed E-state index contributed by atoms with van der Waals surface area (Å²) in [6.07, 6.45) is 2.03. The van der Waals surface area contributed by atoms with Gasteiger partial charge in [0.2, 0.25) is 0 Å². The second kappa shape index (κ2) is 5.54. The molecule has 1 N–H and O–H groups in total. The zero-order chi connectivity index (χ0) is 12.1. The third-order valence-electron chi connectivity index (χ3n) is 2.63. The van der Waals surface area contributed by atoms with E-state index in [2.05, 4.69) is 31.3 Å². The number of carbonyl (C=O) groups excluding carboxylic acids is 1. The summed E-state index contributed by atoms with van der Waals surface area (Å²) in [6.45, 7) is 4.28. The Morgan fingerprint density at radius 2 is 1.81 bits per heavy atom. The highest BCUT2D eigenvalue weighted by Crippen LogP contribution is 2.17. The molecule has 0 atom stereocenters. The van der Waals surface area contributed by atoms with Crippen LogP contribution in [0.1, 0.15) is 25.0 Å². The van der Waals surface area contributed by atoms with Crippen LogP contribution in [0.2, 0.25) is 0 Å². The molecule has 1 rings (SSSR count). The number of hydrogen-bond donors (Lipinski definition) is 1. The molecule has 0 fully saturated rings. The van der Waals surface area contributed by atoms with Crippen molar-refractivity contribution in [3.8, 4) is 0 Å². The molecule has 16 heavy (non-hydrogen) atoms. The summed E-state index contributed by atoms with van der Waals surface area (Å²) in [5, 5.41) is 2.85. The summed E-state index contributed by atoms with van der Waals surface area (Å²) >= 11 is 0. The van der Waals surface area contributed by atoms with E-state index in [0.29, 0.717) is 0 Å². The largest absolute Gasteiger partial charge is 0.331 e. The number of rotatable bonds is 3. The van der Waals surface area contributed by atoms with Gasteiger partial charge < -0.3 is 10.2 Å². The standard InChI is InChI=1S/C13H20N2O/c1-5-10-7-8-12(9-11(10)6-2)14-13(16)15(3)4/h7-9H,5-6H2,1-4H3,(H,14,16). The average Bonchev–Trinajstić information content (AvgIpc) is 2.28. The summed E-state index contributed by atoms with van der Waals surface area (Å²) in [5.74, 6) is 0. The highest BCUT2D eigenvalue weighted by atomic mass is 16.2. The van der Waals surface area contributed by atoms with Crippen molar-refractivity contribution in [2.45, 2.75) is 26.7 Å². The van der Waals surface area contributed by atoms with Gasteiger partial charge >= 0.3 is 6.03 Å². The molecule has 0 unspecified atom stereocenters. The van der Waals surface area contributed by atoms with E-state index in [9.17, 15) is 4.79 Å². The molecule has 2 amide bonds. The van der Waals surface area contributed by atoms with E-state index >= 15 is 0 Å².